The van der Waals surface area contributed by atoms with Crippen molar-refractivity contribution in [3.63, 3.8) is 0 Å². The number of nitrogen functional groups attached to an aromatic ring is 1. The lowest BCUT2D eigenvalue weighted by Gasteiger charge is -2.06. The zero-order valence-electron chi connectivity index (χ0n) is 15.9. The fourth-order valence-corrected chi connectivity index (χ4v) is 3.07. The minimum Gasteiger partial charge on any atom is -0.369 e. The van der Waals surface area contributed by atoms with Gasteiger partial charge in [-0.1, -0.05) is 36.4 Å². The van der Waals surface area contributed by atoms with Gasteiger partial charge < -0.3 is 5.73 Å². The summed E-state index contributed by atoms with van der Waals surface area (Å²) in [5.41, 5.74) is 8.65. The molecule has 0 spiro atoms. The molecule has 0 aliphatic heterocycles. The normalized spacial score (nSPS) is 11.0. The number of aromatic nitrogens is 2. The Kier molecular flexibility index (Phi) is 6.52. The lowest BCUT2D eigenvalue weighted by Crippen LogP contribution is -2.18. The highest BCUT2D eigenvalue weighted by Gasteiger charge is 2.09. The molecule has 148 valence electrons. The van der Waals surface area contributed by atoms with E-state index in [0.29, 0.717) is 17.7 Å². The number of hydrogen-bond donors (Lipinski definition) is 2. The summed E-state index contributed by atoms with van der Waals surface area (Å²) in [6.45, 7) is 0. The van der Waals surface area contributed by atoms with Crippen LogP contribution < -0.4 is 11.3 Å². The molecule has 0 radical (unpaired) electrons. The second kappa shape index (κ2) is 9.45. The van der Waals surface area contributed by atoms with Gasteiger partial charge in [0.15, 0.2) is 0 Å². The highest BCUT2D eigenvalue weighted by molar-refractivity contribution is 5.70. The molecule has 0 atom stereocenters. The molecule has 1 heterocycles. The number of nitrogens with zero attached hydrogens (tertiary/aromatic N) is 2. The summed E-state index contributed by atoms with van der Waals surface area (Å²) in [5.74, 6) is 0.0615. The highest BCUT2D eigenvalue weighted by atomic mass is 16.6. The van der Waals surface area contributed by atoms with Gasteiger partial charge in [-0.05, 0) is 55.0 Å². The van der Waals surface area contributed by atoms with Crippen molar-refractivity contribution in [2.45, 2.75) is 25.7 Å². The van der Waals surface area contributed by atoms with Crippen molar-refractivity contribution in [2.24, 2.45) is 0 Å². The van der Waals surface area contributed by atoms with Gasteiger partial charge in [-0.3, -0.25) is 19.9 Å². The van der Waals surface area contributed by atoms with Crippen molar-refractivity contribution < 1.29 is 4.92 Å². The van der Waals surface area contributed by atoms with Gasteiger partial charge in [0, 0.05) is 17.7 Å². The number of hydrogen-bond acceptors (Lipinski definition) is 5. The Labute approximate surface area is 168 Å². The molecule has 0 amide bonds. The second-order valence-corrected chi connectivity index (χ2v) is 6.69. The molecular formula is C22H22N4O3. The number of unbranched alkanes of at least 4 members (excludes halogenated alkanes) is 1. The number of non-ortho nitro benzene ring substituents is 1. The summed E-state index contributed by atoms with van der Waals surface area (Å²) < 4.78 is 0. The van der Waals surface area contributed by atoms with Crippen LogP contribution in [0.25, 0.3) is 12.2 Å². The Bertz CT molecular complexity index is 1060. The molecule has 0 aliphatic rings. The number of anilines is 1. The molecule has 0 saturated carbocycles. The number of rotatable bonds is 8. The van der Waals surface area contributed by atoms with E-state index in [-0.39, 0.29) is 17.2 Å². The van der Waals surface area contributed by atoms with E-state index in [0.717, 1.165) is 24.8 Å². The summed E-state index contributed by atoms with van der Waals surface area (Å²) in [4.78, 5) is 29.5. The molecule has 0 unspecified atom stereocenters. The van der Waals surface area contributed by atoms with Crippen LogP contribution in [-0.4, -0.2) is 14.9 Å². The van der Waals surface area contributed by atoms with Crippen molar-refractivity contribution >= 4 is 23.8 Å². The van der Waals surface area contributed by atoms with Crippen molar-refractivity contribution in [3.8, 4) is 0 Å². The van der Waals surface area contributed by atoms with Gasteiger partial charge in [-0.15, -0.1) is 0 Å². The third-order valence-corrected chi connectivity index (χ3v) is 4.59. The highest BCUT2D eigenvalue weighted by Crippen LogP contribution is 2.16. The van der Waals surface area contributed by atoms with E-state index in [2.05, 4.69) is 22.1 Å². The maximum atomic E-state index is 12.4. The maximum Gasteiger partial charge on any atom is 0.269 e. The van der Waals surface area contributed by atoms with Crippen molar-refractivity contribution in [1.82, 2.24) is 9.97 Å². The third kappa shape index (κ3) is 5.62. The predicted molar refractivity (Wildman–Crippen MR) is 114 cm³/mol. The number of nitro groups is 1. The molecular weight excluding hydrogens is 368 g/mol. The Balaban J connectivity index is 1.71. The van der Waals surface area contributed by atoms with E-state index in [4.69, 9.17) is 5.73 Å². The van der Waals surface area contributed by atoms with Crippen LogP contribution in [0.4, 0.5) is 11.6 Å². The first-order valence-electron chi connectivity index (χ1n) is 9.38. The van der Waals surface area contributed by atoms with E-state index < -0.39 is 4.92 Å². The summed E-state index contributed by atoms with van der Waals surface area (Å²) in [7, 11) is 0. The van der Waals surface area contributed by atoms with Gasteiger partial charge in [0.05, 0.1) is 10.6 Å². The summed E-state index contributed by atoms with van der Waals surface area (Å²) in [5, 5.41) is 10.8. The molecule has 0 bridgehead atoms. The lowest BCUT2D eigenvalue weighted by atomic mass is 10.0. The fraction of sp³-hybridized carbons (Fsp3) is 0.182. The van der Waals surface area contributed by atoms with Gasteiger partial charge in [0.1, 0.15) is 0 Å². The monoisotopic (exact) mass is 390 g/mol. The maximum absolute atomic E-state index is 12.4. The summed E-state index contributed by atoms with van der Waals surface area (Å²) in [6.07, 6.45) is 6.84. The van der Waals surface area contributed by atoms with Crippen LogP contribution in [-0.2, 0) is 12.8 Å². The summed E-state index contributed by atoms with van der Waals surface area (Å²) in [6, 6.07) is 16.4. The average molecular weight is 390 g/mol. The molecule has 1 aromatic heterocycles. The average Bonchev–Trinajstić information content (AvgIpc) is 2.72. The van der Waals surface area contributed by atoms with Crippen LogP contribution in [0, 0.1) is 10.1 Å². The zero-order valence-corrected chi connectivity index (χ0v) is 15.9. The molecule has 7 heteroatoms. The topological polar surface area (TPSA) is 115 Å². The van der Waals surface area contributed by atoms with Crippen molar-refractivity contribution in [2.75, 3.05) is 5.73 Å². The van der Waals surface area contributed by atoms with Gasteiger partial charge in [0.25, 0.3) is 11.2 Å². The van der Waals surface area contributed by atoms with E-state index in [9.17, 15) is 14.9 Å². The molecule has 0 saturated heterocycles. The number of aromatic amines is 1. The lowest BCUT2D eigenvalue weighted by molar-refractivity contribution is -0.384. The van der Waals surface area contributed by atoms with Crippen LogP contribution in [0.3, 0.4) is 0 Å². The first-order valence-corrected chi connectivity index (χ1v) is 9.38. The first kappa shape index (κ1) is 20.0. The van der Waals surface area contributed by atoms with E-state index in [1.54, 1.807) is 24.3 Å². The molecule has 3 aromatic rings. The number of H-pyrrole nitrogens is 1. The number of nitrogens with one attached hydrogen (secondary N) is 1. The van der Waals surface area contributed by atoms with Crippen LogP contribution >= 0.6 is 0 Å². The van der Waals surface area contributed by atoms with Crippen molar-refractivity contribution in [1.29, 1.82) is 0 Å². The van der Waals surface area contributed by atoms with E-state index >= 15 is 0 Å². The zero-order chi connectivity index (χ0) is 20.6. The number of nitro benzene ring substituents is 1. The SMILES string of the molecule is Nc1nc(/C=C/c2ccc([N+](=O)[O-])cc2)c(CCCCc2ccccc2)c(=O)[nH]1. The van der Waals surface area contributed by atoms with E-state index in [1.807, 2.05) is 18.2 Å². The number of nitrogens with two attached hydrogens (primary N) is 1. The molecule has 2 aromatic carbocycles. The van der Waals surface area contributed by atoms with Gasteiger partial charge in [-0.25, -0.2) is 4.98 Å². The minimum atomic E-state index is -0.444. The smallest absolute Gasteiger partial charge is 0.269 e. The molecule has 7 nitrogen and oxygen atoms in total. The number of aryl methyl sites for hydroxylation is 1. The van der Waals surface area contributed by atoms with Crippen LogP contribution in [0.1, 0.15) is 35.2 Å². The third-order valence-electron chi connectivity index (χ3n) is 4.59. The Hall–Kier alpha value is -3.74. The molecule has 3 N–H and O–H groups in total. The standard InChI is InChI=1S/C22H22N4O3/c23-22-24-20(15-12-17-10-13-18(14-11-17)26(28)29)19(21(27)25-22)9-5-4-8-16-6-2-1-3-7-16/h1-3,6-7,10-15H,4-5,8-9H2,(H3,23,24,25,27)/b15-12+. The Morgan fingerprint density at radius 1 is 1.00 bits per heavy atom. The summed E-state index contributed by atoms with van der Waals surface area (Å²) >= 11 is 0. The molecule has 29 heavy (non-hydrogen) atoms. The first-order chi connectivity index (χ1) is 14.0. The van der Waals surface area contributed by atoms with Gasteiger partial charge >= 0.3 is 0 Å². The Morgan fingerprint density at radius 2 is 1.69 bits per heavy atom. The number of benzene rings is 2. The molecule has 0 fully saturated rings. The largest absolute Gasteiger partial charge is 0.369 e. The van der Waals surface area contributed by atoms with Crippen LogP contribution in [0.2, 0.25) is 0 Å². The second-order valence-electron chi connectivity index (χ2n) is 6.69. The van der Waals surface area contributed by atoms with E-state index in [1.165, 1.54) is 17.7 Å². The molecule has 0 aliphatic carbocycles. The van der Waals surface area contributed by atoms with Crippen LogP contribution in [0.15, 0.2) is 59.4 Å². The van der Waals surface area contributed by atoms with Gasteiger partial charge in [0.2, 0.25) is 5.95 Å². The quantitative estimate of drug-likeness (QED) is 0.343. The minimum absolute atomic E-state index is 0.0276. The fourth-order valence-electron chi connectivity index (χ4n) is 3.07. The van der Waals surface area contributed by atoms with Crippen molar-refractivity contribution in [3.05, 3.63) is 97.4 Å². The molecule has 3 rings (SSSR count). The van der Waals surface area contributed by atoms with Gasteiger partial charge in [-0.2, -0.15) is 0 Å². The Morgan fingerprint density at radius 3 is 2.38 bits per heavy atom. The predicted octanol–water partition coefficient (Wildman–Crippen LogP) is 4.00. The van der Waals surface area contributed by atoms with Crippen LogP contribution in [0.5, 0.6) is 0 Å².